The maximum atomic E-state index is 9.26. The smallest absolute Gasteiger partial charge is 0.0957 e. The molecule has 1 aliphatic rings. The van der Waals surface area contributed by atoms with Crippen LogP contribution in [0.2, 0.25) is 0 Å². The Hall–Kier alpha value is -1.61. The van der Waals surface area contributed by atoms with Crippen molar-refractivity contribution in [3.05, 3.63) is 40.6 Å². The minimum absolute atomic E-state index is 0.0832. The Morgan fingerprint density at radius 3 is 2.89 bits per heavy atom. The van der Waals surface area contributed by atoms with E-state index in [0.29, 0.717) is 0 Å². The van der Waals surface area contributed by atoms with Crippen molar-refractivity contribution in [2.24, 2.45) is 0 Å². The van der Waals surface area contributed by atoms with E-state index in [1.54, 1.807) is 0 Å². The summed E-state index contributed by atoms with van der Waals surface area (Å²) in [7, 11) is 0. The highest BCUT2D eigenvalue weighted by Crippen LogP contribution is 2.31. The highest BCUT2D eigenvalue weighted by Gasteiger charge is 2.20. The second-order valence-electron chi connectivity index (χ2n) is 5.05. The predicted molar refractivity (Wildman–Crippen MR) is 71.4 cm³/mol. The van der Waals surface area contributed by atoms with Crippen molar-refractivity contribution >= 4 is 0 Å². The van der Waals surface area contributed by atoms with Gasteiger partial charge in [0.2, 0.25) is 0 Å². The van der Waals surface area contributed by atoms with Gasteiger partial charge in [-0.25, -0.2) is 0 Å². The molecule has 0 unspecified atom stereocenters. The van der Waals surface area contributed by atoms with E-state index >= 15 is 0 Å². The fraction of sp³-hybridized carbons (Fsp3) is 0.400. The molecule has 1 aliphatic heterocycles. The van der Waals surface area contributed by atoms with Crippen molar-refractivity contribution in [1.82, 2.24) is 9.78 Å². The molecule has 1 aromatic heterocycles. The number of aliphatic hydroxyl groups is 1. The average Bonchev–Trinajstić information content (AvgIpc) is 2.94. The monoisotopic (exact) mass is 242 g/mol. The molecule has 3 nitrogen and oxygen atoms in total. The van der Waals surface area contributed by atoms with E-state index in [2.05, 4.69) is 30.7 Å². The van der Waals surface area contributed by atoms with E-state index < -0.39 is 0 Å². The van der Waals surface area contributed by atoms with Crippen molar-refractivity contribution in [3.8, 4) is 11.3 Å². The number of benzene rings is 1. The fourth-order valence-corrected chi connectivity index (χ4v) is 2.76. The van der Waals surface area contributed by atoms with Crippen LogP contribution in [0.25, 0.3) is 11.3 Å². The van der Waals surface area contributed by atoms with Gasteiger partial charge in [0.05, 0.1) is 12.3 Å². The van der Waals surface area contributed by atoms with E-state index in [9.17, 15) is 5.11 Å². The van der Waals surface area contributed by atoms with Crippen LogP contribution in [0.3, 0.4) is 0 Å². The number of fused-ring (bicyclic) bond motifs is 1. The number of aryl methyl sites for hydroxylation is 2. The van der Waals surface area contributed by atoms with Crippen LogP contribution in [0.15, 0.2) is 18.2 Å². The zero-order valence-corrected chi connectivity index (χ0v) is 10.9. The summed E-state index contributed by atoms with van der Waals surface area (Å²) in [5.41, 5.74) is 7.07. The summed E-state index contributed by atoms with van der Waals surface area (Å²) in [6.45, 7) is 5.37. The zero-order chi connectivity index (χ0) is 12.7. The van der Waals surface area contributed by atoms with Gasteiger partial charge >= 0.3 is 0 Å². The first-order valence-corrected chi connectivity index (χ1v) is 6.47. The number of nitrogens with zero attached hydrogens (tertiary/aromatic N) is 2. The lowest BCUT2D eigenvalue weighted by molar-refractivity contribution is 0.282. The van der Waals surface area contributed by atoms with Gasteiger partial charge in [-0.15, -0.1) is 0 Å². The molecule has 2 heterocycles. The van der Waals surface area contributed by atoms with Gasteiger partial charge < -0.3 is 5.11 Å². The molecule has 18 heavy (non-hydrogen) atoms. The summed E-state index contributed by atoms with van der Waals surface area (Å²) in [4.78, 5) is 0. The van der Waals surface area contributed by atoms with Crippen LogP contribution in [-0.2, 0) is 19.6 Å². The van der Waals surface area contributed by atoms with Crippen molar-refractivity contribution in [1.29, 1.82) is 0 Å². The molecule has 0 aliphatic carbocycles. The molecular formula is C15H18N2O. The minimum Gasteiger partial charge on any atom is -0.392 e. The quantitative estimate of drug-likeness (QED) is 0.879. The Morgan fingerprint density at radius 1 is 1.33 bits per heavy atom. The standard InChI is InChI=1S/C15H18N2O/c1-10-5-6-12(9-18)8-13(10)15-11(2)14-4-3-7-17(14)16-15/h5-6,8,18H,3-4,7,9H2,1-2H3. The molecular weight excluding hydrogens is 224 g/mol. The van der Waals surface area contributed by atoms with Crippen LogP contribution in [-0.4, -0.2) is 14.9 Å². The third-order valence-corrected chi connectivity index (χ3v) is 3.84. The Morgan fingerprint density at radius 2 is 2.17 bits per heavy atom. The number of hydrogen-bond acceptors (Lipinski definition) is 2. The average molecular weight is 242 g/mol. The van der Waals surface area contributed by atoms with Gasteiger partial charge in [-0.3, -0.25) is 4.68 Å². The lowest BCUT2D eigenvalue weighted by atomic mass is 9.99. The van der Waals surface area contributed by atoms with Crippen LogP contribution in [0.1, 0.15) is 28.8 Å². The van der Waals surface area contributed by atoms with E-state index in [0.717, 1.165) is 29.8 Å². The highest BCUT2D eigenvalue weighted by atomic mass is 16.3. The summed E-state index contributed by atoms with van der Waals surface area (Å²) >= 11 is 0. The normalized spacial score (nSPS) is 13.9. The van der Waals surface area contributed by atoms with Crippen molar-refractivity contribution in [2.75, 3.05) is 0 Å². The van der Waals surface area contributed by atoms with Crippen LogP contribution >= 0.6 is 0 Å². The summed E-state index contributed by atoms with van der Waals surface area (Å²) in [5, 5.41) is 14.0. The Balaban J connectivity index is 2.15. The van der Waals surface area contributed by atoms with Gasteiger partial charge in [-0.1, -0.05) is 12.1 Å². The highest BCUT2D eigenvalue weighted by molar-refractivity contribution is 5.68. The molecule has 0 saturated carbocycles. The van der Waals surface area contributed by atoms with Crippen molar-refractivity contribution in [2.45, 2.75) is 39.8 Å². The summed E-state index contributed by atoms with van der Waals surface area (Å²) in [5.74, 6) is 0. The number of aliphatic hydroxyl groups excluding tert-OH is 1. The zero-order valence-electron chi connectivity index (χ0n) is 10.9. The molecule has 1 aromatic carbocycles. The third kappa shape index (κ3) is 1.66. The summed E-state index contributed by atoms with van der Waals surface area (Å²) in [6.07, 6.45) is 2.34. The Bertz CT molecular complexity index is 599. The van der Waals surface area contributed by atoms with Crippen molar-refractivity contribution in [3.63, 3.8) is 0 Å². The first kappa shape index (κ1) is 11.5. The Labute approximate surface area is 107 Å². The second-order valence-corrected chi connectivity index (χ2v) is 5.05. The van der Waals surface area contributed by atoms with Gasteiger partial charge in [0.15, 0.2) is 0 Å². The second kappa shape index (κ2) is 4.25. The lowest BCUT2D eigenvalue weighted by Crippen LogP contribution is -1.95. The van der Waals surface area contributed by atoms with Gasteiger partial charge in [0, 0.05) is 17.8 Å². The molecule has 94 valence electrons. The van der Waals surface area contributed by atoms with E-state index in [4.69, 9.17) is 5.10 Å². The van der Waals surface area contributed by atoms with E-state index in [-0.39, 0.29) is 6.61 Å². The molecule has 0 atom stereocenters. The molecule has 2 aromatic rings. The number of rotatable bonds is 2. The molecule has 0 amide bonds. The lowest BCUT2D eigenvalue weighted by Gasteiger charge is -2.07. The van der Waals surface area contributed by atoms with Crippen LogP contribution in [0, 0.1) is 13.8 Å². The van der Waals surface area contributed by atoms with Crippen LogP contribution in [0.5, 0.6) is 0 Å². The largest absolute Gasteiger partial charge is 0.392 e. The molecule has 0 radical (unpaired) electrons. The maximum Gasteiger partial charge on any atom is 0.0957 e. The predicted octanol–water partition coefficient (Wildman–Crippen LogP) is 2.61. The minimum atomic E-state index is 0.0832. The van der Waals surface area contributed by atoms with Gasteiger partial charge in [-0.05, 0) is 49.4 Å². The Kier molecular flexibility index (Phi) is 2.71. The SMILES string of the molecule is Cc1ccc(CO)cc1-c1nn2c(c1C)CCC2. The molecule has 0 bridgehead atoms. The molecule has 1 N–H and O–H groups in total. The maximum absolute atomic E-state index is 9.26. The first-order valence-electron chi connectivity index (χ1n) is 6.47. The molecule has 0 saturated heterocycles. The first-order chi connectivity index (χ1) is 8.70. The van der Waals surface area contributed by atoms with Crippen LogP contribution in [0.4, 0.5) is 0 Å². The van der Waals surface area contributed by atoms with Gasteiger partial charge in [0.1, 0.15) is 0 Å². The van der Waals surface area contributed by atoms with Gasteiger partial charge in [0.25, 0.3) is 0 Å². The molecule has 3 rings (SSSR count). The fourth-order valence-electron chi connectivity index (χ4n) is 2.76. The summed E-state index contributed by atoms with van der Waals surface area (Å²) in [6, 6.07) is 6.09. The third-order valence-electron chi connectivity index (χ3n) is 3.84. The molecule has 0 spiro atoms. The van der Waals surface area contributed by atoms with E-state index in [1.165, 1.54) is 23.2 Å². The topological polar surface area (TPSA) is 38.1 Å². The van der Waals surface area contributed by atoms with Crippen molar-refractivity contribution < 1.29 is 5.11 Å². The van der Waals surface area contributed by atoms with Crippen LogP contribution < -0.4 is 0 Å². The molecule has 3 heteroatoms. The summed E-state index contributed by atoms with van der Waals surface area (Å²) < 4.78 is 2.13. The molecule has 0 fully saturated rings. The van der Waals surface area contributed by atoms with Gasteiger partial charge in [-0.2, -0.15) is 5.10 Å². The number of hydrogen-bond donors (Lipinski definition) is 1. The van der Waals surface area contributed by atoms with E-state index in [1.807, 2.05) is 6.07 Å². The number of aromatic nitrogens is 2.